The number of carbonyl (C=O) groups excluding carboxylic acids is 1. The fraction of sp³-hybridized carbons (Fsp3) is 0.400. The van der Waals surface area contributed by atoms with Crippen molar-refractivity contribution >= 4 is 34.6 Å². The zero-order chi connectivity index (χ0) is 15.9. The van der Waals surface area contributed by atoms with Crippen LogP contribution < -0.4 is 5.32 Å². The Morgan fingerprint density at radius 3 is 2.77 bits per heavy atom. The van der Waals surface area contributed by atoms with E-state index in [2.05, 4.69) is 10.3 Å². The molecule has 0 aliphatic heterocycles. The van der Waals surface area contributed by atoms with Crippen LogP contribution in [-0.2, 0) is 22.6 Å². The first-order chi connectivity index (χ1) is 10.6. The van der Waals surface area contributed by atoms with Gasteiger partial charge < -0.3 is 10.4 Å². The van der Waals surface area contributed by atoms with Crippen LogP contribution in [0.4, 0.5) is 0 Å². The summed E-state index contributed by atoms with van der Waals surface area (Å²) in [5, 5.41) is 16.7. The third-order valence-electron chi connectivity index (χ3n) is 3.17. The minimum absolute atomic E-state index is 0.0371. The van der Waals surface area contributed by atoms with Gasteiger partial charge in [-0.2, -0.15) is 0 Å². The van der Waals surface area contributed by atoms with E-state index in [9.17, 15) is 9.59 Å². The Kier molecular flexibility index (Phi) is 6.09. The van der Waals surface area contributed by atoms with Crippen LogP contribution in [0.2, 0.25) is 0 Å². The van der Waals surface area contributed by atoms with Crippen molar-refractivity contribution in [3.05, 3.63) is 38.5 Å². The monoisotopic (exact) mass is 338 g/mol. The Hall–Kier alpha value is -1.73. The molecule has 0 spiro atoms. The molecule has 1 atom stereocenters. The Morgan fingerprint density at radius 2 is 2.18 bits per heavy atom. The molecule has 0 fully saturated rings. The van der Waals surface area contributed by atoms with Gasteiger partial charge in [-0.25, -0.2) is 4.98 Å². The summed E-state index contributed by atoms with van der Waals surface area (Å²) in [4.78, 5) is 28.3. The number of thiazole rings is 1. The SMILES string of the molecule is CCc1nc(CNC(=O)C[C@H](CC(=O)O)c2cccs2)cs1. The maximum absolute atomic E-state index is 12.1. The van der Waals surface area contributed by atoms with Crippen molar-refractivity contribution in [1.29, 1.82) is 0 Å². The molecule has 2 aromatic rings. The second-order valence-electron chi connectivity index (χ2n) is 4.88. The lowest BCUT2D eigenvalue weighted by molar-refractivity contribution is -0.137. The summed E-state index contributed by atoms with van der Waals surface area (Å²) in [5.41, 5.74) is 0.848. The van der Waals surface area contributed by atoms with Crippen LogP contribution in [0.3, 0.4) is 0 Å². The van der Waals surface area contributed by atoms with E-state index < -0.39 is 5.97 Å². The summed E-state index contributed by atoms with van der Waals surface area (Å²) in [7, 11) is 0. The minimum atomic E-state index is -0.890. The highest BCUT2D eigenvalue weighted by Crippen LogP contribution is 2.27. The molecule has 0 aromatic carbocycles. The Labute approximate surface area is 137 Å². The highest BCUT2D eigenvalue weighted by Gasteiger charge is 2.20. The number of hydrogen-bond donors (Lipinski definition) is 2. The fourth-order valence-electron chi connectivity index (χ4n) is 2.09. The first kappa shape index (κ1) is 16.6. The highest BCUT2D eigenvalue weighted by atomic mass is 32.1. The number of aromatic nitrogens is 1. The molecule has 22 heavy (non-hydrogen) atoms. The molecule has 0 aliphatic carbocycles. The van der Waals surface area contributed by atoms with Gasteiger partial charge in [0.15, 0.2) is 0 Å². The van der Waals surface area contributed by atoms with Gasteiger partial charge in [-0.1, -0.05) is 13.0 Å². The van der Waals surface area contributed by atoms with Crippen molar-refractivity contribution in [3.8, 4) is 0 Å². The van der Waals surface area contributed by atoms with E-state index in [4.69, 9.17) is 5.11 Å². The molecule has 7 heteroatoms. The van der Waals surface area contributed by atoms with Crippen molar-refractivity contribution in [1.82, 2.24) is 10.3 Å². The molecule has 2 N–H and O–H groups in total. The summed E-state index contributed by atoms with van der Waals surface area (Å²) in [6, 6.07) is 3.74. The van der Waals surface area contributed by atoms with Crippen LogP contribution in [0.15, 0.2) is 22.9 Å². The second kappa shape index (κ2) is 8.05. The number of hydrogen-bond acceptors (Lipinski definition) is 5. The zero-order valence-corrected chi connectivity index (χ0v) is 13.9. The number of thiophene rings is 1. The average molecular weight is 338 g/mol. The highest BCUT2D eigenvalue weighted by molar-refractivity contribution is 7.10. The van der Waals surface area contributed by atoms with E-state index >= 15 is 0 Å². The molecule has 2 aromatic heterocycles. The smallest absolute Gasteiger partial charge is 0.304 e. The van der Waals surface area contributed by atoms with Crippen LogP contribution in [0.1, 0.15) is 41.3 Å². The molecule has 0 saturated carbocycles. The number of nitrogens with zero attached hydrogens (tertiary/aromatic N) is 1. The molecule has 118 valence electrons. The van der Waals surface area contributed by atoms with Gasteiger partial charge in [0.25, 0.3) is 0 Å². The number of aryl methyl sites for hydroxylation is 1. The molecule has 0 radical (unpaired) electrons. The number of carbonyl (C=O) groups is 2. The Balaban J connectivity index is 1.89. The molecular weight excluding hydrogens is 320 g/mol. The first-order valence-corrected chi connectivity index (χ1v) is 8.79. The molecule has 2 heterocycles. The Morgan fingerprint density at radius 1 is 1.36 bits per heavy atom. The minimum Gasteiger partial charge on any atom is -0.481 e. The summed E-state index contributed by atoms with van der Waals surface area (Å²) >= 11 is 3.06. The number of aliphatic carboxylic acids is 1. The van der Waals surface area contributed by atoms with Gasteiger partial charge in [0, 0.05) is 22.6 Å². The number of carboxylic acids is 1. The first-order valence-electron chi connectivity index (χ1n) is 7.03. The average Bonchev–Trinajstić information content (AvgIpc) is 3.15. The van der Waals surface area contributed by atoms with Gasteiger partial charge in [0.1, 0.15) is 0 Å². The topological polar surface area (TPSA) is 79.3 Å². The molecule has 0 unspecified atom stereocenters. The quantitative estimate of drug-likeness (QED) is 0.775. The van der Waals surface area contributed by atoms with E-state index in [0.717, 1.165) is 22.0 Å². The van der Waals surface area contributed by atoms with E-state index in [-0.39, 0.29) is 24.7 Å². The molecule has 1 amide bonds. The van der Waals surface area contributed by atoms with E-state index in [1.54, 1.807) is 11.3 Å². The summed E-state index contributed by atoms with van der Waals surface area (Å²) in [6.45, 7) is 2.43. The maximum atomic E-state index is 12.1. The van der Waals surface area contributed by atoms with Gasteiger partial charge in [-0.3, -0.25) is 9.59 Å². The third kappa shape index (κ3) is 4.92. The van der Waals surface area contributed by atoms with Crippen molar-refractivity contribution < 1.29 is 14.7 Å². The Bertz CT molecular complexity index is 623. The normalized spacial score (nSPS) is 12.0. The second-order valence-corrected chi connectivity index (χ2v) is 6.80. The van der Waals surface area contributed by atoms with Crippen LogP contribution in [-0.4, -0.2) is 22.0 Å². The van der Waals surface area contributed by atoms with Gasteiger partial charge in [-0.15, -0.1) is 22.7 Å². The molecule has 2 rings (SSSR count). The number of nitrogens with one attached hydrogen (secondary N) is 1. The van der Waals surface area contributed by atoms with Crippen LogP contribution in [0, 0.1) is 0 Å². The summed E-state index contributed by atoms with van der Waals surface area (Å²) < 4.78 is 0. The predicted octanol–water partition coefficient (Wildman–Crippen LogP) is 3.03. The number of rotatable bonds is 8. The summed E-state index contributed by atoms with van der Waals surface area (Å²) in [5.74, 6) is -1.32. The lowest BCUT2D eigenvalue weighted by Crippen LogP contribution is -2.25. The fourth-order valence-corrected chi connectivity index (χ4v) is 3.66. The van der Waals surface area contributed by atoms with Gasteiger partial charge >= 0.3 is 5.97 Å². The molecule has 0 saturated heterocycles. The van der Waals surface area contributed by atoms with Crippen LogP contribution in [0.25, 0.3) is 0 Å². The predicted molar refractivity (Wildman–Crippen MR) is 87.3 cm³/mol. The lowest BCUT2D eigenvalue weighted by Gasteiger charge is -2.12. The third-order valence-corrected chi connectivity index (χ3v) is 5.24. The zero-order valence-electron chi connectivity index (χ0n) is 12.2. The van der Waals surface area contributed by atoms with Gasteiger partial charge in [0.2, 0.25) is 5.91 Å². The van der Waals surface area contributed by atoms with E-state index in [0.29, 0.717) is 6.54 Å². The molecule has 0 aliphatic rings. The van der Waals surface area contributed by atoms with Crippen LogP contribution >= 0.6 is 22.7 Å². The maximum Gasteiger partial charge on any atom is 0.304 e. The number of amides is 1. The summed E-state index contributed by atoms with van der Waals surface area (Å²) in [6.07, 6.45) is 1.03. The lowest BCUT2D eigenvalue weighted by atomic mass is 9.99. The standard InChI is InChI=1S/C15H18N2O3S2/c1-2-14-17-11(9-22-14)8-16-13(18)6-10(7-15(19)20)12-4-3-5-21-12/h3-5,9-10H,2,6-8H2,1H3,(H,16,18)(H,19,20)/t10-/m1/s1. The van der Waals surface area contributed by atoms with Crippen molar-refractivity contribution in [2.75, 3.05) is 0 Å². The van der Waals surface area contributed by atoms with Gasteiger partial charge in [-0.05, 0) is 17.9 Å². The van der Waals surface area contributed by atoms with Gasteiger partial charge in [0.05, 0.1) is 23.7 Å². The van der Waals surface area contributed by atoms with Crippen LogP contribution in [0.5, 0.6) is 0 Å². The largest absolute Gasteiger partial charge is 0.481 e. The molecule has 5 nitrogen and oxygen atoms in total. The van der Waals surface area contributed by atoms with E-state index in [1.807, 2.05) is 29.8 Å². The van der Waals surface area contributed by atoms with Crippen molar-refractivity contribution in [2.45, 2.75) is 38.6 Å². The number of carboxylic acid groups (broad SMARTS) is 1. The molecule has 0 bridgehead atoms. The van der Waals surface area contributed by atoms with Crippen molar-refractivity contribution in [2.24, 2.45) is 0 Å². The van der Waals surface area contributed by atoms with Crippen molar-refractivity contribution in [3.63, 3.8) is 0 Å². The van der Waals surface area contributed by atoms with E-state index in [1.165, 1.54) is 11.3 Å². The molecular formula is C15H18N2O3S2.